The summed E-state index contributed by atoms with van der Waals surface area (Å²) in [6, 6.07) is 11.5. The van der Waals surface area contributed by atoms with E-state index < -0.39 is 0 Å². The zero-order valence-electron chi connectivity index (χ0n) is 18.1. The van der Waals surface area contributed by atoms with E-state index in [2.05, 4.69) is 16.3 Å². The van der Waals surface area contributed by atoms with Gasteiger partial charge >= 0.3 is 0 Å². The summed E-state index contributed by atoms with van der Waals surface area (Å²) in [6.45, 7) is 6.44. The molecule has 0 saturated carbocycles. The van der Waals surface area contributed by atoms with E-state index in [1.165, 1.54) is 0 Å². The third-order valence-electron chi connectivity index (χ3n) is 6.28. The van der Waals surface area contributed by atoms with Crippen LogP contribution in [0.3, 0.4) is 0 Å². The minimum absolute atomic E-state index is 0.0376. The molecule has 0 aromatic heterocycles. The first-order chi connectivity index (χ1) is 15.4. The second-order valence-corrected chi connectivity index (χ2v) is 9.65. The Morgan fingerprint density at radius 3 is 2.41 bits per heavy atom. The van der Waals surface area contributed by atoms with Crippen LogP contribution in [0.4, 0.5) is 11.4 Å². The van der Waals surface area contributed by atoms with Gasteiger partial charge in [0.05, 0.1) is 30.0 Å². The van der Waals surface area contributed by atoms with Gasteiger partial charge in [0, 0.05) is 47.8 Å². The topological polar surface area (TPSA) is 44.8 Å². The predicted octanol–water partition coefficient (Wildman–Crippen LogP) is 5.90. The molecule has 1 atom stereocenters. The standard InChI is InChI=1S/C24H28Cl3N3O2/c1-16(20-4-2-18(25)14-22(20)27)28-23-15-19(3-5-21(23)26)29-8-6-17(7-9-29)24(31)30-10-12-32-13-11-30/h2-5,14-17,28H,6-13H2,1H3. The van der Waals surface area contributed by atoms with Crippen LogP contribution in [0.1, 0.15) is 31.4 Å². The van der Waals surface area contributed by atoms with Crippen LogP contribution in [0.5, 0.6) is 0 Å². The molecule has 4 rings (SSSR count). The van der Waals surface area contributed by atoms with E-state index in [1.54, 1.807) is 6.07 Å². The Kier molecular flexibility index (Phi) is 7.72. The lowest BCUT2D eigenvalue weighted by atomic mass is 9.94. The second kappa shape index (κ2) is 10.5. The number of hydrogen-bond acceptors (Lipinski definition) is 4. The van der Waals surface area contributed by atoms with Crippen LogP contribution in [0, 0.1) is 5.92 Å². The van der Waals surface area contributed by atoms with Crippen LogP contribution in [-0.2, 0) is 9.53 Å². The van der Waals surface area contributed by atoms with Crippen molar-refractivity contribution in [2.45, 2.75) is 25.8 Å². The first-order valence-corrected chi connectivity index (χ1v) is 12.2. The Morgan fingerprint density at radius 1 is 1.00 bits per heavy atom. The molecule has 0 spiro atoms. The van der Waals surface area contributed by atoms with Gasteiger partial charge in [-0.05, 0) is 55.7 Å². The summed E-state index contributed by atoms with van der Waals surface area (Å²) < 4.78 is 5.37. The lowest BCUT2D eigenvalue weighted by Gasteiger charge is -2.36. The first kappa shape index (κ1) is 23.5. The molecule has 0 bridgehead atoms. The summed E-state index contributed by atoms with van der Waals surface area (Å²) in [4.78, 5) is 17.1. The molecule has 1 amide bonds. The van der Waals surface area contributed by atoms with Crippen LogP contribution in [0.25, 0.3) is 0 Å². The maximum atomic E-state index is 12.8. The minimum Gasteiger partial charge on any atom is -0.378 e. The molecular weight excluding hydrogens is 469 g/mol. The van der Waals surface area contributed by atoms with Crippen molar-refractivity contribution in [2.24, 2.45) is 5.92 Å². The summed E-state index contributed by atoms with van der Waals surface area (Å²) in [6.07, 6.45) is 1.72. The molecule has 0 radical (unpaired) electrons. The second-order valence-electron chi connectivity index (χ2n) is 8.39. The Labute approximate surface area is 204 Å². The number of amides is 1. The number of nitrogens with zero attached hydrogens (tertiary/aromatic N) is 2. The number of hydrogen-bond donors (Lipinski definition) is 1. The van der Waals surface area contributed by atoms with Crippen molar-refractivity contribution < 1.29 is 9.53 Å². The van der Waals surface area contributed by atoms with Gasteiger partial charge < -0.3 is 19.9 Å². The van der Waals surface area contributed by atoms with E-state index in [0.717, 1.165) is 42.9 Å². The molecule has 5 nitrogen and oxygen atoms in total. The van der Waals surface area contributed by atoms with Crippen molar-refractivity contribution in [2.75, 3.05) is 49.6 Å². The van der Waals surface area contributed by atoms with Crippen molar-refractivity contribution in [3.63, 3.8) is 0 Å². The van der Waals surface area contributed by atoms with Crippen LogP contribution in [0.15, 0.2) is 36.4 Å². The van der Waals surface area contributed by atoms with Crippen molar-refractivity contribution in [3.05, 3.63) is 57.0 Å². The first-order valence-electron chi connectivity index (χ1n) is 11.0. The molecule has 2 aromatic carbocycles. The highest BCUT2D eigenvalue weighted by Gasteiger charge is 2.29. The molecule has 0 aliphatic carbocycles. The highest BCUT2D eigenvalue weighted by Crippen LogP contribution is 2.34. The number of rotatable bonds is 5. The maximum absolute atomic E-state index is 12.8. The van der Waals surface area contributed by atoms with E-state index in [4.69, 9.17) is 39.5 Å². The number of piperidine rings is 1. The van der Waals surface area contributed by atoms with Gasteiger partial charge in [-0.2, -0.15) is 0 Å². The molecule has 2 aliphatic heterocycles. The highest BCUT2D eigenvalue weighted by molar-refractivity contribution is 6.35. The number of carbonyl (C=O) groups is 1. The number of nitrogens with one attached hydrogen (secondary N) is 1. The average molecular weight is 497 g/mol. The van der Waals surface area contributed by atoms with E-state index in [-0.39, 0.29) is 17.9 Å². The van der Waals surface area contributed by atoms with Gasteiger partial charge in [0.15, 0.2) is 0 Å². The molecule has 172 valence electrons. The Balaban J connectivity index is 1.40. The van der Waals surface area contributed by atoms with Crippen LogP contribution < -0.4 is 10.2 Å². The number of benzene rings is 2. The molecule has 8 heteroatoms. The van der Waals surface area contributed by atoms with Gasteiger partial charge in [-0.25, -0.2) is 0 Å². The number of anilines is 2. The molecular formula is C24H28Cl3N3O2. The van der Waals surface area contributed by atoms with Gasteiger partial charge in [0.1, 0.15) is 0 Å². The molecule has 32 heavy (non-hydrogen) atoms. The molecule has 2 aliphatic rings. The molecule has 2 heterocycles. The molecule has 2 saturated heterocycles. The third kappa shape index (κ3) is 5.45. The normalized spacial score (nSPS) is 18.5. The summed E-state index contributed by atoms with van der Waals surface area (Å²) in [7, 11) is 0. The summed E-state index contributed by atoms with van der Waals surface area (Å²) in [5.74, 6) is 0.376. The Morgan fingerprint density at radius 2 is 1.72 bits per heavy atom. The van der Waals surface area contributed by atoms with E-state index in [1.807, 2.05) is 36.1 Å². The van der Waals surface area contributed by atoms with Crippen LogP contribution >= 0.6 is 34.8 Å². The zero-order chi connectivity index (χ0) is 22.7. The monoisotopic (exact) mass is 495 g/mol. The summed E-state index contributed by atoms with van der Waals surface area (Å²) in [5, 5.41) is 5.37. The SMILES string of the molecule is CC(Nc1cc(N2CCC(C(=O)N3CCOCC3)CC2)ccc1Cl)c1ccc(Cl)cc1Cl. The van der Waals surface area contributed by atoms with Crippen molar-refractivity contribution in [1.82, 2.24) is 4.90 Å². The minimum atomic E-state index is -0.0376. The molecule has 1 N–H and O–H groups in total. The van der Waals surface area contributed by atoms with Crippen LogP contribution in [0.2, 0.25) is 15.1 Å². The molecule has 2 fully saturated rings. The third-order valence-corrected chi connectivity index (χ3v) is 7.18. The Hall–Kier alpha value is -1.66. The fourth-order valence-electron chi connectivity index (χ4n) is 4.41. The lowest BCUT2D eigenvalue weighted by Crippen LogP contribution is -2.46. The zero-order valence-corrected chi connectivity index (χ0v) is 20.4. The highest BCUT2D eigenvalue weighted by atomic mass is 35.5. The van der Waals surface area contributed by atoms with Gasteiger partial charge in [-0.3, -0.25) is 4.79 Å². The number of carbonyl (C=O) groups excluding carboxylic acids is 1. The van der Waals surface area contributed by atoms with E-state index >= 15 is 0 Å². The van der Waals surface area contributed by atoms with E-state index in [0.29, 0.717) is 41.4 Å². The number of morpholine rings is 1. The van der Waals surface area contributed by atoms with Gasteiger partial charge in [-0.15, -0.1) is 0 Å². The summed E-state index contributed by atoms with van der Waals surface area (Å²) >= 11 is 18.9. The molecule has 2 aromatic rings. The molecule has 1 unspecified atom stereocenters. The fourth-order valence-corrected chi connectivity index (χ4v) is 5.16. The number of halogens is 3. The van der Waals surface area contributed by atoms with Crippen molar-refractivity contribution in [3.8, 4) is 0 Å². The average Bonchev–Trinajstić information content (AvgIpc) is 2.80. The van der Waals surface area contributed by atoms with Gasteiger partial charge in [0.2, 0.25) is 5.91 Å². The van der Waals surface area contributed by atoms with E-state index in [9.17, 15) is 4.79 Å². The maximum Gasteiger partial charge on any atom is 0.225 e. The fraction of sp³-hybridized carbons (Fsp3) is 0.458. The number of ether oxygens (including phenoxy) is 1. The van der Waals surface area contributed by atoms with Crippen LogP contribution in [-0.4, -0.2) is 50.2 Å². The predicted molar refractivity (Wildman–Crippen MR) is 132 cm³/mol. The summed E-state index contributed by atoms with van der Waals surface area (Å²) in [5.41, 5.74) is 2.91. The largest absolute Gasteiger partial charge is 0.378 e. The van der Waals surface area contributed by atoms with Crippen molar-refractivity contribution in [1.29, 1.82) is 0 Å². The van der Waals surface area contributed by atoms with Gasteiger partial charge in [-0.1, -0.05) is 40.9 Å². The van der Waals surface area contributed by atoms with Crippen molar-refractivity contribution >= 4 is 52.1 Å². The van der Waals surface area contributed by atoms with Gasteiger partial charge in [0.25, 0.3) is 0 Å². The quantitative estimate of drug-likeness (QED) is 0.560. The smallest absolute Gasteiger partial charge is 0.225 e. The lowest BCUT2D eigenvalue weighted by molar-refractivity contribution is -0.140. The Bertz CT molecular complexity index is 958.